The zero-order valence-corrected chi connectivity index (χ0v) is 18.5. The zero-order chi connectivity index (χ0) is 22.2. The summed E-state index contributed by atoms with van der Waals surface area (Å²) in [6, 6.07) is 9.55. The highest BCUT2D eigenvalue weighted by Gasteiger charge is 2.20. The molecule has 1 aromatic carbocycles. The molecule has 4 heterocycles. The molecule has 0 unspecified atom stereocenters. The smallest absolute Gasteiger partial charge is 0.332 e. The highest BCUT2D eigenvalue weighted by atomic mass is 16.5. The normalized spacial score (nSPS) is 15.2. The Balaban J connectivity index is 1.52. The van der Waals surface area contributed by atoms with Crippen LogP contribution in [0.15, 0.2) is 46.1 Å². The first-order chi connectivity index (χ1) is 15.5. The Morgan fingerprint density at radius 1 is 1.03 bits per heavy atom. The first-order valence-corrected chi connectivity index (χ1v) is 11.1. The van der Waals surface area contributed by atoms with Gasteiger partial charge in [0.15, 0.2) is 11.2 Å². The van der Waals surface area contributed by atoms with Crippen molar-refractivity contribution >= 4 is 16.9 Å². The Morgan fingerprint density at radius 3 is 2.53 bits per heavy atom. The molecule has 0 bridgehead atoms. The summed E-state index contributed by atoms with van der Waals surface area (Å²) in [4.78, 5) is 33.5. The number of hydrogen-bond acceptors (Lipinski definition) is 5. The molecule has 3 aromatic heterocycles. The maximum Gasteiger partial charge on any atom is 0.332 e. The molecular weight excluding hydrogens is 408 g/mol. The molecule has 0 aliphatic carbocycles. The van der Waals surface area contributed by atoms with Crippen LogP contribution in [0, 0.1) is 6.92 Å². The van der Waals surface area contributed by atoms with Crippen LogP contribution in [0.2, 0.25) is 0 Å². The number of fused-ring (bicyclic) bond motifs is 3. The van der Waals surface area contributed by atoms with E-state index < -0.39 is 0 Å². The van der Waals surface area contributed by atoms with Crippen molar-refractivity contribution in [3.63, 3.8) is 0 Å². The van der Waals surface area contributed by atoms with Crippen molar-refractivity contribution in [1.29, 1.82) is 0 Å². The maximum atomic E-state index is 13.4. The van der Waals surface area contributed by atoms with Crippen molar-refractivity contribution in [2.24, 2.45) is 7.05 Å². The Hall–Kier alpha value is -3.17. The number of nitrogens with zero attached hydrogens (tertiary/aromatic N) is 6. The minimum absolute atomic E-state index is 0.231. The molecule has 0 saturated carbocycles. The summed E-state index contributed by atoms with van der Waals surface area (Å²) >= 11 is 0. The van der Waals surface area contributed by atoms with Gasteiger partial charge in [-0.1, -0.05) is 30.3 Å². The fourth-order valence-electron chi connectivity index (χ4n) is 4.51. The van der Waals surface area contributed by atoms with Gasteiger partial charge >= 0.3 is 5.69 Å². The number of aryl methyl sites for hydroxylation is 3. The molecule has 5 rings (SSSR count). The van der Waals surface area contributed by atoms with Gasteiger partial charge in [-0.15, -0.1) is 0 Å². The van der Waals surface area contributed by atoms with Crippen LogP contribution in [0.5, 0.6) is 0 Å². The van der Waals surface area contributed by atoms with Crippen LogP contribution < -0.4 is 11.2 Å². The first-order valence-electron chi connectivity index (χ1n) is 11.1. The molecule has 9 heteroatoms. The molecule has 0 N–H and O–H groups in total. The quantitative estimate of drug-likeness (QED) is 0.454. The molecule has 1 aliphatic rings. The topological polar surface area (TPSA) is 78.7 Å². The van der Waals surface area contributed by atoms with Gasteiger partial charge in [-0.2, -0.15) is 4.98 Å². The van der Waals surface area contributed by atoms with E-state index >= 15 is 0 Å². The lowest BCUT2D eigenvalue weighted by Gasteiger charge is -2.26. The molecule has 1 saturated heterocycles. The minimum atomic E-state index is -0.359. The Morgan fingerprint density at radius 2 is 1.78 bits per heavy atom. The number of hydrogen-bond donors (Lipinski definition) is 0. The predicted molar refractivity (Wildman–Crippen MR) is 122 cm³/mol. The SMILES string of the molecule is Cc1cn2c3c(=O)n(Cc4ccccc4)c(=O)n(C)c3nc2n1CCCN1CCOCC1. The van der Waals surface area contributed by atoms with Crippen LogP contribution in [0.3, 0.4) is 0 Å². The van der Waals surface area contributed by atoms with Crippen molar-refractivity contribution in [2.45, 2.75) is 26.4 Å². The van der Waals surface area contributed by atoms with E-state index in [0.29, 0.717) is 16.9 Å². The number of morpholine rings is 1. The van der Waals surface area contributed by atoms with E-state index in [-0.39, 0.29) is 17.8 Å². The standard InChI is InChI=1S/C23H28N6O3/c1-17-15-28-19-20(24-22(28)27(17)10-6-9-26-11-13-32-14-12-26)25(2)23(31)29(21(19)30)16-18-7-4-3-5-8-18/h3-5,7-8,15H,6,9-14,16H2,1-2H3. The second-order valence-electron chi connectivity index (χ2n) is 8.40. The largest absolute Gasteiger partial charge is 0.379 e. The van der Waals surface area contributed by atoms with Gasteiger partial charge < -0.3 is 9.30 Å². The van der Waals surface area contributed by atoms with E-state index in [1.54, 1.807) is 7.05 Å². The zero-order valence-electron chi connectivity index (χ0n) is 18.5. The lowest BCUT2D eigenvalue weighted by Crippen LogP contribution is -2.39. The third kappa shape index (κ3) is 3.57. The molecule has 9 nitrogen and oxygen atoms in total. The second-order valence-corrected chi connectivity index (χ2v) is 8.40. The fourth-order valence-corrected chi connectivity index (χ4v) is 4.51. The van der Waals surface area contributed by atoms with Crippen molar-refractivity contribution < 1.29 is 4.74 Å². The molecule has 1 fully saturated rings. The number of benzene rings is 1. The average Bonchev–Trinajstić information content (AvgIpc) is 3.32. The van der Waals surface area contributed by atoms with Gasteiger partial charge in [-0.3, -0.25) is 23.2 Å². The van der Waals surface area contributed by atoms with E-state index in [1.807, 2.05) is 47.9 Å². The van der Waals surface area contributed by atoms with E-state index in [9.17, 15) is 9.59 Å². The molecule has 32 heavy (non-hydrogen) atoms. The average molecular weight is 437 g/mol. The Bertz CT molecular complexity index is 1370. The van der Waals surface area contributed by atoms with Crippen molar-refractivity contribution in [2.75, 3.05) is 32.8 Å². The van der Waals surface area contributed by atoms with Crippen LogP contribution in [0.1, 0.15) is 17.7 Å². The first kappa shape index (κ1) is 20.7. The summed E-state index contributed by atoms with van der Waals surface area (Å²) in [5.41, 5.74) is 2.13. The summed E-state index contributed by atoms with van der Waals surface area (Å²) in [5, 5.41) is 0. The Kier molecular flexibility index (Phi) is 5.44. The minimum Gasteiger partial charge on any atom is -0.379 e. The van der Waals surface area contributed by atoms with E-state index in [0.717, 1.165) is 57.1 Å². The third-order valence-electron chi connectivity index (χ3n) is 6.28. The highest BCUT2D eigenvalue weighted by molar-refractivity contribution is 5.75. The number of aromatic nitrogens is 5. The summed E-state index contributed by atoms with van der Waals surface area (Å²) in [5.74, 6) is 0.698. The molecular formula is C23H28N6O3. The summed E-state index contributed by atoms with van der Waals surface area (Å²) in [6.07, 6.45) is 2.92. The van der Waals surface area contributed by atoms with Gasteiger partial charge in [-0.05, 0) is 18.9 Å². The molecule has 0 atom stereocenters. The third-order valence-corrected chi connectivity index (χ3v) is 6.28. The fraction of sp³-hybridized carbons (Fsp3) is 0.435. The van der Waals surface area contributed by atoms with Gasteiger partial charge in [0.25, 0.3) is 5.56 Å². The van der Waals surface area contributed by atoms with Crippen LogP contribution in [-0.2, 0) is 24.9 Å². The summed E-state index contributed by atoms with van der Waals surface area (Å²) in [6.45, 7) is 7.58. The maximum absolute atomic E-state index is 13.4. The molecule has 0 spiro atoms. The molecule has 0 amide bonds. The van der Waals surface area contributed by atoms with Gasteiger partial charge in [0.1, 0.15) is 0 Å². The van der Waals surface area contributed by atoms with E-state index in [1.165, 1.54) is 9.13 Å². The van der Waals surface area contributed by atoms with E-state index in [2.05, 4.69) is 9.47 Å². The summed E-state index contributed by atoms with van der Waals surface area (Å²) < 4.78 is 12.1. The van der Waals surface area contributed by atoms with Crippen LogP contribution in [0.25, 0.3) is 16.9 Å². The number of rotatable bonds is 6. The van der Waals surface area contributed by atoms with Crippen LogP contribution in [0.4, 0.5) is 0 Å². The van der Waals surface area contributed by atoms with E-state index in [4.69, 9.17) is 9.72 Å². The Labute approximate surface area is 185 Å². The lowest BCUT2D eigenvalue weighted by molar-refractivity contribution is 0.0369. The lowest BCUT2D eigenvalue weighted by atomic mass is 10.2. The molecule has 4 aromatic rings. The number of ether oxygens (including phenoxy) is 1. The van der Waals surface area contributed by atoms with Gasteiger partial charge in [0.05, 0.1) is 19.8 Å². The van der Waals surface area contributed by atoms with Gasteiger partial charge in [-0.25, -0.2) is 4.79 Å². The molecule has 1 aliphatic heterocycles. The molecule has 168 valence electrons. The summed E-state index contributed by atoms with van der Waals surface area (Å²) in [7, 11) is 1.67. The van der Waals surface area contributed by atoms with Crippen molar-refractivity contribution in [1.82, 2.24) is 28.0 Å². The predicted octanol–water partition coefficient (Wildman–Crippen LogP) is 1.23. The van der Waals surface area contributed by atoms with Crippen LogP contribution in [-0.4, -0.2) is 60.8 Å². The monoisotopic (exact) mass is 436 g/mol. The molecule has 0 radical (unpaired) electrons. The van der Waals surface area contributed by atoms with Crippen molar-refractivity contribution in [3.05, 3.63) is 68.6 Å². The van der Waals surface area contributed by atoms with Gasteiger partial charge in [0.2, 0.25) is 5.78 Å². The van der Waals surface area contributed by atoms with Crippen LogP contribution >= 0.6 is 0 Å². The number of imidazole rings is 2. The van der Waals surface area contributed by atoms with Gasteiger partial charge in [0, 0.05) is 45.1 Å². The second kappa shape index (κ2) is 8.40. The highest BCUT2D eigenvalue weighted by Crippen LogP contribution is 2.17. The van der Waals surface area contributed by atoms with Crippen molar-refractivity contribution in [3.8, 4) is 0 Å².